The Morgan fingerprint density at radius 2 is 1.87 bits per heavy atom. The van der Waals surface area contributed by atoms with Crippen LogP contribution in [0.5, 0.6) is 0 Å². The van der Waals surface area contributed by atoms with Gasteiger partial charge in [0.1, 0.15) is 5.82 Å². The van der Waals surface area contributed by atoms with E-state index in [0.29, 0.717) is 16.7 Å². The van der Waals surface area contributed by atoms with Crippen LogP contribution in [0.3, 0.4) is 0 Å². The van der Waals surface area contributed by atoms with Gasteiger partial charge in [-0.05, 0) is 42.7 Å². The highest BCUT2D eigenvalue weighted by atomic mass is 19.1. The molecule has 0 radical (unpaired) electrons. The van der Waals surface area contributed by atoms with E-state index in [1.54, 1.807) is 36.5 Å². The van der Waals surface area contributed by atoms with Gasteiger partial charge < -0.3 is 10.6 Å². The highest BCUT2D eigenvalue weighted by Gasteiger charge is 2.18. The Morgan fingerprint density at radius 3 is 2.60 bits per heavy atom. The summed E-state index contributed by atoms with van der Waals surface area (Å²) >= 11 is 0. The number of aromatic amines is 1. The number of benzene rings is 2. The van der Waals surface area contributed by atoms with E-state index in [2.05, 4.69) is 20.8 Å². The van der Waals surface area contributed by atoms with Gasteiger partial charge in [-0.1, -0.05) is 31.0 Å². The van der Waals surface area contributed by atoms with Crippen molar-refractivity contribution >= 4 is 11.8 Å². The van der Waals surface area contributed by atoms with Crippen LogP contribution in [-0.2, 0) is 6.54 Å². The molecule has 1 fully saturated rings. The van der Waals surface area contributed by atoms with E-state index < -0.39 is 5.82 Å². The van der Waals surface area contributed by atoms with Crippen molar-refractivity contribution < 1.29 is 14.0 Å². The number of aromatic nitrogens is 2. The molecule has 2 aromatic carbocycles. The van der Waals surface area contributed by atoms with Gasteiger partial charge in [-0.3, -0.25) is 14.7 Å². The molecule has 7 heteroatoms. The van der Waals surface area contributed by atoms with Crippen LogP contribution < -0.4 is 10.6 Å². The van der Waals surface area contributed by atoms with Crippen molar-refractivity contribution in [2.75, 3.05) is 0 Å². The van der Waals surface area contributed by atoms with Gasteiger partial charge in [0, 0.05) is 41.0 Å². The van der Waals surface area contributed by atoms with Crippen LogP contribution in [0.1, 0.15) is 52.0 Å². The lowest BCUT2D eigenvalue weighted by Gasteiger charge is -2.13. The second-order valence-electron chi connectivity index (χ2n) is 7.52. The maximum atomic E-state index is 14.4. The van der Waals surface area contributed by atoms with Crippen molar-refractivity contribution in [2.45, 2.75) is 38.3 Å². The summed E-state index contributed by atoms with van der Waals surface area (Å²) in [6.45, 7) is 0.245. The Labute approximate surface area is 173 Å². The molecule has 0 saturated heterocycles. The van der Waals surface area contributed by atoms with Crippen molar-refractivity contribution in [3.05, 3.63) is 77.4 Å². The fourth-order valence-corrected chi connectivity index (χ4v) is 3.73. The lowest BCUT2D eigenvalue weighted by Crippen LogP contribution is -2.32. The van der Waals surface area contributed by atoms with Crippen LogP contribution >= 0.6 is 0 Å². The third kappa shape index (κ3) is 4.56. The normalized spacial score (nSPS) is 13.9. The standard InChI is InChI=1S/C23H23FN4O2/c24-21-11-17(8-9-20(21)18-13-26-27-14-18)22(29)25-12-15-4-3-5-16(10-15)23(30)28-19-6-1-2-7-19/h3-5,8-11,13-14,19H,1-2,6-7,12H2,(H,25,29)(H,26,27)(H,28,30). The maximum Gasteiger partial charge on any atom is 0.251 e. The minimum Gasteiger partial charge on any atom is -0.349 e. The molecular weight excluding hydrogens is 383 g/mol. The maximum absolute atomic E-state index is 14.4. The number of nitrogens with zero attached hydrogens (tertiary/aromatic N) is 1. The van der Waals surface area contributed by atoms with Gasteiger partial charge in [-0.2, -0.15) is 5.10 Å². The van der Waals surface area contributed by atoms with E-state index in [4.69, 9.17) is 0 Å². The lowest BCUT2D eigenvalue weighted by molar-refractivity contribution is 0.0935. The molecule has 0 aliphatic heterocycles. The van der Waals surface area contributed by atoms with Crippen LogP contribution in [0.15, 0.2) is 54.9 Å². The van der Waals surface area contributed by atoms with Crippen LogP contribution in [-0.4, -0.2) is 28.1 Å². The fourth-order valence-electron chi connectivity index (χ4n) is 3.73. The Kier molecular flexibility index (Phi) is 5.88. The third-order valence-corrected chi connectivity index (χ3v) is 5.37. The Hall–Kier alpha value is -3.48. The summed E-state index contributed by atoms with van der Waals surface area (Å²) in [4.78, 5) is 24.9. The van der Waals surface area contributed by atoms with Gasteiger partial charge in [0.15, 0.2) is 0 Å². The predicted molar refractivity (Wildman–Crippen MR) is 111 cm³/mol. The van der Waals surface area contributed by atoms with Crippen molar-refractivity contribution in [3.63, 3.8) is 0 Å². The molecular formula is C23H23FN4O2. The number of amides is 2. The zero-order valence-corrected chi connectivity index (χ0v) is 16.5. The quantitative estimate of drug-likeness (QED) is 0.582. The summed E-state index contributed by atoms with van der Waals surface area (Å²) in [5.74, 6) is -0.963. The highest BCUT2D eigenvalue weighted by molar-refractivity contribution is 5.95. The molecule has 0 unspecified atom stereocenters. The second kappa shape index (κ2) is 8.90. The van der Waals surface area contributed by atoms with Crippen molar-refractivity contribution in [2.24, 2.45) is 0 Å². The summed E-state index contributed by atoms with van der Waals surface area (Å²) < 4.78 is 14.4. The van der Waals surface area contributed by atoms with E-state index >= 15 is 0 Å². The van der Waals surface area contributed by atoms with Crippen LogP contribution in [0.25, 0.3) is 11.1 Å². The Morgan fingerprint density at radius 1 is 1.07 bits per heavy atom. The summed E-state index contributed by atoms with van der Waals surface area (Å²) in [6, 6.07) is 11.8. The third-order valence-electron chi connectivity index (χ3n) is 5.37. The molecule has 30 heavy (non-hydrogen) atoms. The van der Waals surface area contributed by atoms with Crippen molar-refractivity contribution in [1.29, 1.82) is 0 Å². The number of carbonyl (C=O) groups excluding carboxylic acids is 2. The molecule has 0 bridgehead atoms. The molecule has 6 nitrogen and oxygen atoms in total. The summed E-state index contributed by atoms with van der Waals surface area (Å²) in [7, 11) is 0. The van der Waals surface area contributed by atoms with Gasteiger partial charge in [0.05, 0.1) is 6.20 Å². The SMILES string of the molecule is O=C(NCc1cccc(C(=O)NC2CCCC2)c1)c1ccc(-c2cn[nH]c2)c(F)c1. The fraction of sp³-hybridized carbons (Fsp3) is 0.261. The first-order valence-corrected chi connectivity index (χ1v) is 10.1. The van der Waals surface area contributed by atoms with Gasteiger partial charge in [0.2, 0.25) is 0 Å². The second-order valence-corrected chi connectivity index (χ2v) is 7.52. The number of nitrogens with one attached hydrogen (secondary N) is 3. The number of carbonyl (C=O) groups is 2. The van der Waals surface area contributed by atoms with E-state index in [9.17, 15) is 14.0 Å². The van der Waals surface area contributed by atoms with Crippen LogP contribution in [0.2, 0.25) is 0 Å². The van der Waals surface area contributed by atoms with Gasteiger partial charge >= 0.3 is 0 Å². The summed E-state index contributed by atoms with van der Waals surface area (Å²) in [6.07, 6.45) is 7.47. The molecule has 1 aliphatic carbocycles. The molecule has 1 heterocycles. The molecule has 1 aliphatic rings. The van der Waals surface area contributed by atoms with Gasteiger partial charge in [0.25, 0.3) is 11.8 Å². The minimum atomic E-state index is -0.491. The van der Waals surface area contributed by atoms with Crippen molar-refractivity contribution in [3.8, 4) is 11.1 Å². The molecule has 4 rings (SSSR count). The topological polar surface area (TPSA) is 86.9 Å². The van der Waals surface area contributed by atoms with E-state index in [-0.39, 0.29) is 30.0 Å². The molecule has 154 valence electrons. The van der Waals surface area contributed by atoms with E-state index in [1.807, 2.05) is 6.07 Å². The zero-order chi connectivity index (χ0) is 20.9. The van der Waals surface area contributed by atoms with E-state index in [1.165, 1.54) is 12.3 Å². The average molecular weight is 406 g/mol. The molecule has 1 saturated carbocycles. The lowest BCUT2D eigenvalue weighted by atomic mass is 10.1. The number of hydrogen-bond donors (Lipinski definition) is 3. The molecule has 3 aromatic rings. The molecule has 1 aromatic heterocycles. The number of H-pyrrole nitrogens is 1. The van der Waals surface area contributed by atoms with E-state index in [0.717, 1.165) is 31.2 Å². The monoisotopic (exact) mass is 406 g/mol. The molecule has 3 N–H and O–H groups in total. The number of rotatable bonds is 6. The van der Waals surface area contributed by atoms with Crippen LogP contribution in [0.4, 0.5) is 4.39 Å². The smallest absolute Gasteiger partial charge is 0.251 e. The van der Waals surface area contributed by atoms with Gasteiger partial charge in [-0.25, -0.2) is 4.39 Å². The summed E-state index contributed by atoms with van der Waals surface area (Å²) in [5.41, 5.74) is 2.60. The first-order chi connectivity index (χ1) is 14.6. The Balaban J connectivity index is 1.38. The first kappa shape index (κ1) is 19.8. The number of halogens is 1. The zero-order valence-electron chi connectivity index (χ0n) is 16.5. The first-order valence-electron chi connectivity index (χ1n) is 10.1. The minimum absolute atomic E-state index is 0.0908. The largest absolute Gasteiger partial charge is 0.349 e. The predicted octanol–water partition coefficient (Wildman–Crippen LogP) is 3.82. The Bertz CT molecular complexity index is 1040. The highest BCUT2D eigenvalue weighted by Crippen LogP contribution is 2.22. The molecule has 2 amide bonds. The average Bonchev–Trinajstić information content (AvgIpc) is 3.46. The summed E-state index contributed by atoms with van der Waals surface area (Å²) in [5, 5.41) is 12.3. The molecule has 0 atom stereocenters. The number of hydrogen-bond acceptors (Lipinski definition) is 3. The van der Waals surface area contributed by atoms with Crippen molar-refractivity contribution in [1.82, 2.24) is 20.8 Å². The van der Waals surface area contributed by atoms with Crippen LogP contribution in [0, 0.1) is 5.82 Å². The van der Waals surface area contributed by atoms with Gasteiger partial charge in [-0.15, -0.1) is 0 Å². The molecule has 0 spiro atoms.